The maximum atomic E-state index is 5.90. The summed E-state index contributed by atoms with van der Waals surface area (Å²) in [6.45, 7) is 2.34. The number of ether oxygens (including phenoxy) is 1. The first kappa shape index (κ1) is 13.4. The second-order valence-electron chi connectivity index (χ2n) is 3.43. The quantitative estimate of drug-likeness (QED) is 0.874. The van der Waals surface area contributed by atoms with Gasteiger partial charge >= 0.3 is 0 Å². The predicted molar refractivity (Wildman–Crippen MR) is 68.9 cm³/mol. The molecule has 0 aliphatic carbocycles. The minimum atomic E-state index is 0.0837. The van der Waals surface area contributed by atoms with Gasteiger partial charge in [-0.3, -0.25) is 0 Å². The zero-order valence-electron chi connectivity index (χ0n) is 9.12. The van der Waals surface area contributed by atoms with Crippen LogP contribution in [0.25, 0.3) is 0 Å². The Bertz CT molecular complexity index is 349. The summed E-state index contributed by atoms with van der Waals surface area (Å²) in [4.78, 5) is 0. The Labute approximate surface area is 106 Å². The smallest absolute Gasteiger partial charge is 0.125 e. The highest BCUT2D eigenvalue weighted by Gasteiger charge is 2.03. The summed E-state index contributed by atoms with van der Waals surface area (Å²) in [5.74, 6) is 0.753. The molecule has 1 aromatic rings. The molecule has 0 aromatic heterocycles. The van der Waals surface area contributed by atoms with Crippen LogP contribution in [-0.4, -0.2) is 6.61 Å². The van der Waals surface area contributed by atoms with Crippen LogP contribution in [0.15, 0.2) is 34.8 Å². The van der Waals surface area contributed by atoms with E-state index in [-0.39, 0.29) is 12.6 Å². The van der Waals surface area contributed by atoms with Crippen molar-refractivity contribution in [2.24, 2.45) is 5.73 Å². The van der Waals surface area contributed by atoms with Gasteiger partial charge in [0.15, 0.2) is 0 Å². The molecule has 0 radical (unpaired) electrons. The van der Waals surface area contributed by atoms with E-state index in [0.717, 1.165) is 17.7 Å². The van der Waals surface area contributed by atoms with E-state index in [0.29, 0.717) is 5.03 Å². The number of hydrogen-bond acceptors (Lipinski definition) is 2. The summed E-state index contributed by atoms with van der Waals surface area (Å²) in [6, 6.07) is 7.76. The molecule has 0 fully saturated rings. The van der Waals surface area contributed by atoms with Crippen LogP contribution in [0.4, 0.5) is 0 Å². The molecule has 0 saturated heterocycles. The number of halogens is 2. The number of hydrogen-bond donors (Lipinski definition) is 1. The third kappa shape index (κ3) is 4.05. The van der Waals surface area contributed by atoms with E-state index in [1.165, 1.54) is 5.54 Å². The normalized spacial score (nSPS) is 13.6. The summed E-state index contributed by atoms with van der Waals surface area (Å²) in [5.41, 5.74) is 8.30. The molecule has 0 spiro atoms. The highest BCUT2D eigenvalue weighted by atomic mass is 35.5. The molecule has 88 valence electrons. The Morgan fingerprint density at radius 3 is 2.56 bits per heavy atom. The fraction of sp³-hybridized carbons (Fsp3) is 0.333. The number of benzene rings is 1. The van der Waals surface area contributed by atoms with Crippen LogP contribution in [0.5, 0.6) is 5.75 Å². The Morgan fingerprint density at radius 1 is 1.44 bits per heavy atom. The lowest BCUT2D eigenvalue weighted by Gasteiger charge is -2.10. The Balaban J connectivity index is 2.58. The first-order valence-corrected chi connectivity index (χ1v) is 5.92. The highest BCUT2D eigenvalue weighted by Crippen LogP contribution is 2.19. The van der Waals surface area contributed by atoms with Crippen LogP contribution in [0.3, 0.4) is 0 Å². The van der Waals surface area contributed by atoms with Crippen LogP contribution in [0.2, 0.25) is 0 Å². The molecular weight excluding hydrogens is 245 g/mol. The van der Waals surface area contributed by atoms with Gasteiger partial charge in [-0.1, -0.05) is 42.3 Å². The van der Waals surface area contributed by atoms with E-state index >= 15 is 0 Å². The van der Waals surface area contributed by atoms with Gasteiger partial charge < -0.3 is 10.5 Å². The molecule has 16 heavy (non-hydrogen) atoms. The Kier molecular flexibility index (Phi) is 5.67. The zero-order valence-corrected chi connectivity index (χ0v) is 10.6. The van der Waals surface area contributed by atoms with Gasteiger partial charge in [-0.25, -0.2) is 0 Å². The fourth-order valence-corrected chi connectivity index (χ4v) is 1.35. The van der Waals surface area contributed by atoms with Crippen molar-refractivity contribution in [1.82, 2.24) is 0 Å². The van der Waals surface area contributed by atoms with Crippen molar-refractivity contribution in [3.8, 4) is 5.75 Å². The van der Waals surface area contributed by atoms with Gasteiger partial charge in [0.05, 0.1) is 5.03 Å². The molecule has 2 nitrogen and oxygen atoms in total. The van der Waals surface area contributed by atoms with Gasteiger partial charge in [0.1, 0.15) is 12.4 Å². The van der Waals surface area contributed by atoms with Crippen molar-refractivity contribution in [2.45, 2.75) is 19.4 Å². The molecule has 0 unspecified atom stereocenters. The second-order valence-corrected chi connectivity index (χ2v) is 4.13. The van der Waals surface area contributed by atoms with Crippen LogP contribution in [0.1, 0.15) is 24.9 Å². The molecule has 0 amide bonds. The van der Waals surface area contributed by atoms with Crippen LogP contribution in [0, 0.1) is 0 Å². The van der Waals surface area contributed by atoms with E-state index in [1.54, 1.807) is 0 Å². The Hall–Kier alpha value is -0.700. The molecule has 0 bridgehead atoms. The molecule has 0 aliphatic heterocycles. The summed E-state index contributed by atoms with van der Waals surface area (Å²) < 4.78 is 5.40. The van der Waals surface area contributed by atoms with E-state index in [2.05, 4.69) is 6.92 Å². The average Bonchev–Trinajstić information content (AvgIpc) is 2.35. The number of rotatable bonds is 5. The Morgan fingerprint density at radius 2 is 2.06 bits per heavy atom. The SMILES string of the molecule is CC[C@@H](N)c1ccc(OCC(Cl)=CCl)cc1. The number of nitrogens with two attached hydrogens (primary N) is 1. The minimum Gasteiger partial charge on any atom is -0.488 e. The second kappa shape index (κ2) is 6.79. The fourth-order valence-electron chi connectivity index (χ4n) is 1.23. The molecule has 1 rings (SSSR count). The first-order chi connectivity index (χ1) is 7.67. The van der Waals surface area contributed by atoms with Crippen LogP contribution >= 0.6 is 23.2 Å². The maximum absolute atomic E-state index is 5.90. The molecular formula is C12H15Cl2NO. The van der Waals surface area contributed by atoms with Gasteiger partial charge in [0.2, 0.25) is 0 Å². The van der Waals surface area contributed by atoms with E-state index in [4.69, 9.17) is 33.7 Å². The molecule has 0 saturated carbocycles. The van der Waals surface area contributed by atoms with Crippen molar-refractivity contribution < 1.29 is 4.74 Å². The molecule has 4 heteroatoms. The summed E-state index contributed by atoms with van der Waals surface area (Å²) in [7, 11) is 0. The molecule has 2 N–H and O–H groups in total. The van der Waals surface area contributed by atoms with E-state index in [9.17, 15) is 0 Å². The lowest BCUT2D eigenvalue weighted by Crippen LogP contribution is -2.08. The largest absolute Gasteiger partial charge is 0.488 e. The molecule has 0 heterocycles. The molecule has 0 aliphatic rings. The lowest BCUT2D eigenvalue weighted by molar-refractivity contribution is 0.359. The van der Waals surface area contributed by atoms with Crippen molar-refractivity contribution >= 4 is 23.2 Å². The molecule has 1 aromatic carbocycles. The third-order valence-electron chi connectivity index (χ3n) is 2.24. The van der Waals surface area contributed by atoms with Crippen molar-refractivity contribution in [3.05, 3.63) is 40.4 Å². The summed E-state index contributed by atoms with van der Waals surface area (Å²) >= 11 is 11.1. The van der Waals surface area contributed by atoms with Crippen molar-refractivity contribution in [2.75, 3.05) is 6.61 Å². The minimum absolute atomic E-state index is 0.0837. The standard InChI is InChI=1S/C12H15Cl2NO/c1-2-12(15)9-3-5-11(6-4-9)16-8-10(14)7-13/h3-7,12H,2,8,15H2,1H3/t12-/m1/s1. The predicted octanol–water partition coefficient (Wildman–Crippen LogP) is 3.79. The van der Waals surface area contributed by atoms with Gasteiger partial charge in [0, 0.05) is 11.6 Å². The van der Waals surface area contributed by atoms with E-state index < -0.39 is 0 Å². The van der Waals surface area contributed by atoms with Gasteiger partial charge in [0.25, 0.3) is 0 Å². The maximum Gasteiger partial charge on any atom is 0.125 e. The van der Waals surface area contributed by atoms with Crippen LogP contribution < -0.4 is 10.5 Å². The molecule has 1 atom stereocenters. The third-order valence-corrected chi connectivity index (χ3v) is 2.84. The summed E-state index contributed by atoms with van der Waals surface area (Å²) in [6.07, 6.45) is 0.918. The topological polar surface area (TPSA) is 35.2 Å². The van der Waals surface area contributed by atoms with Crippen molar-refractivity contribution in [1.29, 1.82) is 0 Å². The van der Waals surface area contributed by atoms with Crippen molar-refractivity contribution in [3.63, 3.8) is 0 Å². The van der Waals surface area contributed by atoms with E-state index in [1.807, 2.05) is 24.3 Å². The first-order valence-electron chi connectivity index (χ1n) is 5.10. The van der Waals surface area contributed by atoms with Gasteiger partial charge in [-0.15, -0.1) is 0 Å². The highest BCUT2D eigenvalue weighted by molar-refractivity contribution is 6.36. The average molecular weight is 260 g/mol. The monoisotopic (exact) mass is 259 g/mol. The van der Waals surface area contributed by atoms with Gasteiger partial charge in [-0.2, -0.15) is 0 Å². The zero-order chi connectivity index (χ0) is 12.0. The van der Waals surface area contributed by atoms with Crippen LogP contribution in [-0.2, 0) is 0 Å². The lowest BCUT2D eigenvalue weighted by atomic mass is 10.1. The van der Waals surface area contributed by atoms with Gasteiger partial charge in [-0.05, 0) is 24.1 Å². The summed E-state index contributed by atoms with van der Waals surface area (Å²) in [5, 5.41) is 0.469.